The standard InChI is InChI=1S/C16H20/c1-2-14-4-3-13(1)9-10-15-5-7-16(8-6-15)12-11-14/h1-4,9-10,15-16H,5-8,11-12H2/b10-9-. The molecule has 0 aromatic heterocycles. The molecule has 1 fully saturated rings. The van der Waals surface area contributed by atoms with E-state index < -0.39 is 0 Å². The van der Waals surface area contributed by atoms with Crippen molar-refractivity contribution in [3.8, 4) is 0 Å². The molecular weight excluding hydrogens is 192 g/mol. The number of allylic oxidation sites excluding steroid dienone is 1. The summed E-state index contributed by atoms with van der Waals surface area (Å²) in [4.78, 5) is 0. The fraction of sp³-hybridized carbons (Fsp3) is 0.500. The van der Waals surface area contributed by atoms with Crippen LogP contribution in [-0.2, 0) is 6.42 Å². The van der Waals surface area contributed by atoms with Gasteiger partial charge in [-0.15, -0.1) is 0 Å². The summed E-state index contributed by atoms with van der Waals surface area (Å²) in [6, 6.07) is 9.13. The maximum Gasteiger partial charge on any atom is -0.0230 e. The smallest absolute Gasteiger partial charge is 0.0230 e. The van der Waals surface area contributed by atoms with E-state index in [9.17, 15) is 0 Å². The predicted molar refractivity (Wildman–Crippen MR) is 69.2 cm³/mol. The Morgan fingerprint density at radius 3 is 2.31 bits per heavy atom. The molecule has 0 heteroatoms. The van der Waals surface area contributed by atoms with Crippen molar-refractivity contribution in [1.29, 1.82) is 0 Å². The highest BCUT2D eigenvalue weighted by Gasteiger charge is 2.19. The minimum absolute atomic E-state index is 0.843. The van der Waals surface area contributed by atoms with E-state index in [0.29, 0.717) is 0 Å². The Labute approximate surface area is 98.4 Å². The van der Waals surface area contributed by atoms with Gasteiger partial charge in [0.15, 0.2) is 0 Å². The van der Waals surface area contributed by atoms with Crippen molar-refractivity contribution >= 4 is 6.08 Å². The van der Waals surface area contributed by atoms with Gasteiger partial charge < -0.3 is 0 Å². The largest absolute Gasteiger partial charge is 0.0808 e. The van der Waals surface area contributed by atoms with Gasteiger partial charge in [0, 0.05) is 0 Å². The number of rotatable bonds is 0. The first-order chi connectivity index (χ1) is 7.90. The monoisotopic (exact) mass is 212 g/mol. The number of benzene rings is 1. The van der Waals surface area contributed by atoms with Crippen LogP contribution in [0.25, 0.3) is 6.08 Å². The van der Waals surface area contributed by atoms with Crippen LogP contribution in [0.2, 0.25) is 0 Å². The average molecular weight is 212 g/mol. The molecule has 1 saturated carbocycles. The quantitative estimate of drug-likeness (QED) is 0.596. The molecule has 0 radical (unpaired) electrons. The zero-order valence-electron chi connectivity index (χ0n) is 9.86. The molecule has 0 N–H and O–H groups in total. The second kappa shape index (κ2) is 4.45. The van der Waals surface area contributed by atoms with Crippen LogP contribution in [-0.4, -0.2) is 0 Å². The van der Waals surface area contributed by atoms with Gasteiger partial charge in [-0.25, -0.2) is 0 Å². The molecule has 0 nitrogen and oxygen atoms in total. The molecule has 4 bridgehead atoms. The van der Waals surface area contributed by atoms with Crippen LogP contribution < -0.4 is 0 Å². The molecule has 0 aliphatic heterocycles. The molecule has 5 aliphatic carbocycles. The topological polar surface area (TPSA) is 0 Å². The Morgan fingerprint density at radius 1 is 0.812 bits per heavy atom. The van der Waals surface area contributed by atoms with E-state index in [0.717, 1.165) is 11.8 Å². The van der Waals surface area contributed by atoms with Gasteiger partial charge in [-0.05, 0) is 61.5 Å². The SMILES string of the molecule is C1=C\C2CCC(CCc3ccc/1cc3)CC2. The second-order valence-corrected chi connectivity index (χ2v) is 5.42. The van der Waals surface area contributed by atoms with Crippen molar-refractivity contribution in [2.24, 2.45) is 11.8 Å². The van der Waals surface area contributed by atoms with Crippen molar-refractivity contribution in [1.82, 2.24) is 0 Å². The summed E-state index contributed by atoms with van der Waals surface area (Å²) in [5, 5.41) is 0. The average Bonchev–Trinajstić information content (AvgIpc) is 2.33. The third-order valence-electron chi connectivity index (χ3n) is 4.27. The molecule has 6 rings (SSSR count). The lowest BCUT2D eigenvalue weighted by atomic mass is 9.79. The van der Waals surface area contributed by atoms with Crippen molar-refractivity contribution in [3.05, 3.63) is 41.5 Å². The first kappa shape index (κ1) is 10.1. The zero-order chi connectivity index (χ0) is 10.8. The minimum Gasteiger partial charge on any atom is -0.0808 e. The lowest BCUT2D eigenvalue weighted by molar-refractivity contribution is 0.296. The van der Waals surface area contributed by atoms with Gasteiger partial charge in [-0.3, -0.25) is 0 Å². The lowest BCUT2D eigenvalue weighted by Crippen LogP contribution is -2.14. The van der Waals surface area contributed by atoms with E-state index in [1.165, 1.54) is 49.7 Å². The third kappa shape index (κ3) is 2.21. The lowest BCUT2D eigenvalue weighted by Gasteiger charge is -2.27. The highest BCUT2D eigenvalue weighted by atomic mass is 14.2. The molecule has 5 aliphatic rings. The molecule has 0 spiro atoms. The zero-order valence-corrected chi connectivity index (χ0v) is 9.86. The Morgan fingerprint density at radius 2 is 1.56 bits per heavy atom. The van der Waals surface area contributed by atoms with E-state index in [1.54, 1.807) is 0 Å². The Bertz CT molecular complexity index is 364. The highest BCUT2D eigenvalue weighted by molar-refractivity contribution is 5.50. The van der Waals surface area contributed by atoms with Crippen LogP contribution in [0.5, 0.6) is 0 Å². The predicted octanol–water partition coefficient (Wildman–Crippen LogP) is 4.45. The first-order valence-corrected chi connectivity index (χ1v) is 6.67. The van der Waals surface area contributed by atoms with Gasteiger partial charge in [0.2, 0.25) is 0 Å². The van der Waals surface area contributed by atoms with Crippen LogP contribution in [0.1, 0.15) is 43.2 Å². The highest BCUT2D eigenvalue weighted by Crippen LogP contribution is 2.33. The summed E-state index contributed by atoms with van der Waals surface area (Å²) >= 11 is 0. The number of hydrogen-bond donors (Lipinski definition) is 0. The normalized spacial score (nSPS) is 30.8. The van der Waals surface area contributed by atoms with Gasteiger partial charge in [-0.2, -0.15) is 0 Å². The van der Waals surface area contributed by atoms with Gasteiger partial charge >= 0.3 is 0 Å². The molecule has 0 amide bonds. The van der Waals surface area contributed by atoms with E-state index in [1.807, 2.05) is 0 Å². The number of hydrogen-bond acceptors (Lipinski definition) is 0. The second-order valence-electron chi connectivity index (χ2n) is 5.42. The Hall–Kier alpha value is -1.04. The van der Waals surface area contributed by atoms with Gasteiger partial charge in [0.05, 0.1) is 0 Å². The molecule has 1 aromatic carbocycles. The molecule has 0 unspecified atom stereocenters. The maximum atomic E-state index is 2.44. The Balaban J connectivity index is 1.89. The Kier molecular flexibility index (Phi) is 2.82. The summed E-state index contributed by atoms with van der Waals surface area (Å²) < 4.78 is 0. The van der Waals surface area contributed by atoms with Crippen molar-refractivity contribution in [2.75, 3.05) is 0 Å². The summed E-state index contributed by atoms with van der Waals surface area (Å²) in [5.41, 5.74) is 2.88. The van der Waals surface area contributed by atoms with E-state index >= 15 is 0 Å². The van der Waals surface area contributed by atoms with Gasteiger partial charge in [-0.1, -0.05) is 36.4 Å². The van der Waals surface area contributed by atoms with Crippen molar-refractivity contribution in [2.45, 2.75) is 38.5 Å². The maximum absolute atomic E-state index is 2.44. The minimum atomic E-state index is 0.843. The molecule has 0 heterocycles. The van der Waals surface area contributed by atoms with Crippen molar-refractivity contribution in [3.63, 3.8) is 0 Å². The van der Waals surface area contributed by atoms with Crippen LogP contribution in [0.4, 0.5) is 0 Å². The number of aryl methyl sites for hydroxylation is 1. The van der Waals surface area contributed by atoms with E-state index in [2.05, 4.69) is 36.4 Å². The van der Waals surface area contributed by atoms with Crippen molar-refractivity contribution < 1.29 is 0 Å². The third-order valence-corrected chi connectivity index (χ3v) is 4.27. The van der Waals surface area contributed by atoms with Crippen LogP contribution in [0, 0.1) is 11.8 Å². The summed E-state index contributed by atoms with van der Waals surface area (Å²) in [5.74, 6) is 1.83. The van der Waals surface area contributed by atoms with E-state index in [-0.39, 0.29) is 0 Å². The summed E-state index contributed by atoms with van der Waals surface area (Å²) in [6.45, 7) is 0. The molecular formula is C16H20. The van der Waals surface area contributed by atoms with Gasteiger partial charge in [0.25, 0.3) is 0 Å². The molecule has 0 saturated heterocycles. The molecule has 0 atom stereocenters. The van der Waals surface area contributed by atoms with Crippen LogP contribution >= 0.6 is 0 Å². The van der Waals surface area contributed by atoms with E-state index in [4.69, 9.17) is 0 Å². The molecule has 84 valence electrons. The molecule has 1 aromatic rings. The fourth-order valence-corrected chi connectivity index (χ4v) is 3.08. The van der Waals surface area contributed by atoms with Gasteiger partial charge in [0.1, 0.15) is 0 Å². The first-order valence-electron chi connectivity index (χ1n) is 6.67. The molecule has 16 heavy (non-hydrogen) atoms. The van der Waals surface area contributed by atoms with Crippen LogP contribution in [0.3, 0.4) is 0 Å². The van der Waals surface area contributed by atoms with Crippen LogP contribution in [0.15, 0.2) is 30.3 Å². The summed E-state index contributed by atoms with van der Waals surface area (Å²) in [7, 11) is 0. The summed E-state index contributed by atoms with van der Waals surface area (Å²) in [6.07, 6.45) is 13.2. The fourth-order valence-electron chi connectivity index (χ4n) is 3.08.